The lowest BCUT2D eigenvalue weighted by Gasteiger charge is -2.25. The Balaban J connectivity index is 2.69. The van der Waals surface area contributed by atoms with Gasteiger partial charge in [0.2, 0.25) is 0 Å². The van der Waals surface area contributed by atoms with E-state index in [2.05, 4.69) is 34.0 Å². The summed E-state index contributed by atoms with van der Waals surface area (Å²) >= 11 is 0. The van der Waals surface area contributed by atoms with Crippen molar-refractivity contribution in [2.24, 2.45) is 0 Å². The van der Waals surface area contributed by atoms with Gasteiger partial charge in [-0.3, -0.25) is 4.98 Å². The molecule has 0 aliphatic rings. The van der Waals surface area contributed by atoms with Crippen molar-refractivity contribution in [3.63, 3.8) is 0 Å². The van der Waals surface area contributed by atoms with E-state index in [9.17, 15) is 0 Å². The second-order valence-electron chi connectivity index (χ2n) is 4.06. The third kappa shape index (κ3) is 4.28. The second kappa shape index (κ2) is 7.19. The zero-order valence-corrected chi connectivity index (χ0v) is 11.1. The van der Waals surface area contributed by atoms with Gasteiger partial charge in [-0.05, 0) is 13.5 Å². The Bertz CT molecular complexity index is 332. The van der Waals surface area contributed by atoms with Gasteiger partial charge >= 0.3 is 0 Å². The van der Waals surface area contributed by atoms with E-state index >= 15 is 0 Å². The molecule has 0 bridgehead atoms. The predicted molar refractivity (Wildman–Crippen MR) is 69.2 cm³/mol. The molecule has 0 aromatic carbocycles. The monoisotopic (exact) mass is 238 g/mol. The van der Waals surface area contributed by atoms with Gasteiger partial charge in [0.05, 0.1) is 24.5 Å². The number of nitrogens with zero attached hydrogens (tertiary/aromatic N) is 3. The summed E-state index contributed by atoms with van der Waals surface area (Å²) in [4.78, 5) is 10.9. The molecule has 0 radical (unpaired) electrons. The largest absolute Gasteiger partial charge is 0.383 e. The second-order valence-corrected chi connectivity index (χ2v) is 4.06. The quantitative estimate of drug-likeness (QED) is 0.769. The van der Waals surface area contributed by atoms with Gasteiger partial charge in [-0.25, -0.2) is 4.98 Å². The summed E-state index contributed by atoms with van der Waals surface area (Å²) in [5.74, 6) is 0.880. The Labute approximate surface area is 103 Å². The maximum Gasteiger partial charge on any atom is 0.147 e. The number of aromatic nitrogens is 2. The Kier molecular flexibility index (Phi) is 5.86. The summed E-state index contributed by atoms with van der Waals surface area (Å²) in [7, 11) is 3.71. The average Bonchev–Trinajstić information content (AvgIpc) is 2.36. The van der Waals surface area contributed by atoms with Crippen LogP contribution in [0.5, 0.6) is 0 Å². The Morgan fingerprint density at radius 3 is 2.88 bits per heavy atom. The van der Waals surface area contributed by atoms with Crippen LogP contribution in [-0.4, -0.2) is 43.3 Å². The van der Waals surface area contributed by atoms with Gasteiger partial charge in [-0.2, -0.15) is 0 Å². The fourth-order valence-corrected chi connectivity index (χ4v) is 1.48. The maximum absolute atomic E-state index is 5.14. The molecule has 1 aromatic heterocycles. The molecule has 0 aliphatic carbocycles. The van der Waals surface area contributed by atoms with E-state index < -0.39 is 0 Å². The number of hydrogen-bond acceptors (Lipinski definition) is 5. The molecular formula is C12H22N4O. The lowest BCUT2D eigenvalue weighted by atomic mass is 10.3. The number of likely N-dealkylation sites (N-methyl/N-ethyl adjacent to an activating group) is 1. The van der Waals surface area contributed by atoms with Crippen LogP contribution < -0.4 is 10.2 Å². The summed E-state index contributed by atoms with van der Waals surface area (Å²) in [5, 5.41) is 3.24. The van der Waals surface area contributed by atoms with Crippen molar-refractivity contribution in [3.8, 4) is 0 Å². The van der Waals surface area contributed by atoms with Gasteiger partial charge in [-0.15, -0.1) is 0 Å². The third-order valence-electron chi connectivity index (χ3n) is 2.66. The van der Waals surface area contributed by atoms with E-state index in [0.717, 1.165) is 24.6 Å². The van der Waals surface area contributed by atoms with Gasteiger partial charge in [0, 0.05) is 26.9 Å². The lowest BCUT2D eigenvalue weighted by Crippen LogP contribution is -2.33. The fraction of sp³-hybridized carbons (Fsp3) is 0.667. The van der Waals surface area contributed by atoms with Crippen LogP contribution in [0.3, 0.4) is 0 Å². The highest BCUT2D eigenvalue weighted by Crippen LogP contribution is 2.11. The van der Waals surface area contributed by atoms with E-state index in [0.29, 0.717) is 6.61 Å². The zero-order chi connectivity index (χ0) is 12.7. The number of rotatable bonds is 7. The minimum atomic E-state index is 0.281. The van der Waals surface area contributed by atoms with Crippen molar-refractivity contribution in [1.82, 2.24) is 15.3 Å². The summed E-state index contributed by atoms with van der Waals surface area (Å²) < 4.78 is 5.14. The van der Waals surface area contributed by atoms with Gasteiger partial charge in [-0.1, -0.05) is 6.92 Å². The van der Waals surface area contributed by atoms with E-state index in [-0.39, 0.29) is 6.04 Å². The summed E-state index contributed by atoms with van der Waals surface area (Å²) in [6.07, 6.45) is 3.57. The van der Waals surface area contributed by atoms with Crippen molar-refractivity contribution >= 4 is 5.82 Å². The van der Waals surface area contributed by atoms with Gasteiger partial charge in [0.25, 0.3) is 0 Å². The summed E-state index contributed by atoms with van der Waals surface area (Å²) in [6.45, 7) is 6.54. The molecule has 0 saturated heterocycles. The molecule has 1 unspecified atom stereocenters. The van der Waals surface area contributed by atoms with Crippen LogP contribution in [-0.2, 0) is 11.3 Å². The fourth-order valence-electron chi connectivity index (χ4n) is 1.48. The standard InChI is InChI=1S/C12H22N4O/c1-5-13-6-11-7-14-8-12(15-11)16(3)10(2)9-17-4/h7-8,10,13H,5-6,9H2,1-4H3. The molecular weight excluding hydrogens is 216 g/mol. The lowest BCUT2D eigenvalue weighted by molar-refractivity contribution is 0.183. The predicted octanol–water partition coefficient (Wildman–Crippen LogP) is 1.06. The average molecular weight is 238 g/mol. The maximum atomic E-state index is 5.14. The molecule has 0 amide bonds. The molecule has 1 N–H and O–H groups in total. The molecule has 0 saturated carbocycles. The molecule has 96 valence electrons. The topological polar surface area (TPSA) is 50.3 Å². The normalized spacial score (nSPS) is 12.5. The highest BCUT2D eigenvalue weighted by molar-refractivity contribution is 5.36. The van der Waals surface area contributed by atoms with Gasteiger partial charge in [0.1, 0.15) is 5.82 Å². The number of anilines is 1. The van der Waals surface area contributed by atoms with E-state index in [1.807, 2.05) is 7.05 Å². The molecule has 1 atom stereocenters. The van der Waals surface area contributed by atoms with Crippen molar-refractivity contribution in [1.29, 1.82) is 0 Å². The summed E-state index contributed by atoms with van der Waals surface area (Å²) in [5.41, 5.74) is 0.959. The number of nitrogens with one attached hydrogen (secondary N) is 1. The van der Waals surface area contributed by atoms with Crippen molar-refractivity contribution in [3.05, 3.63) is 18.1 Å². The third-order valence-corrected chi connectivity index (χ3v) is 2.66. The number of methoxy groups -OCH3 is 1. The Morgan fingerprint density at radius 1 is 1.47 bits per heavy atom. The first-order chi connectivity index (χ1) is 8.19. The minimum Gasteiger partial charge on any atom is -0.383 e. The highest BCUT2D eigenvalue weighted by atomic mass is 16.5. The first-order valence-corrected chi connectivity index (χ1v) is 5.92. The number of hydrogen-bond donors (Lipinski definition) is 1. The summed E-state index contributed by atoms with van der Waals surface area (Å²) in [6, 6.07) is 0.281. The van der Waals surface area contributed by atoms with E-state index in [1.54, 1.807) is 19.5 Å². The molecule has 0 aliphatic heterocycles. The first-order valence-electron chi connectivity index (χ1n) is 5.92. The van der Waals surface area contributed by atoms with E-state index in [4.69, 9.17) is 4.74 Å². The molecule has 0 fully saturated rings. The highest BCUT2D eigenvalue weighted by Gasteiger charge is 2.11. The minimum absolute atomic E-state index is 0.281. The van der Waals surface area contributed by atoms with Gasteiger partial charge < -0.3 is 15.0 Å². The van der Waals surface area contributed by atoms with Crippen molar-refractivity contribution in [2.75, 3.05) is 32.2 Å². The van der Waals surface area contributed by atoms with Crippen LogP contribution in [0.25, 0.3) is 0 Å². The van der Waals surface area contributed by atoms with Crippen LogP contribution in [0.1, 0.15) is 19.5 Å². The molecule has 17 heavy (non-hydrogen) atoms. The van der Waals surface area contributed by atoms with Crippen molar-refractivity contribution in [2.45, 2.75) is 26.4 Å². The smallest absolute Gasteiger partial charge is 0.147 e. The van der Waals surface area contributed by atoms with Gasteiger partial charge in [0.15, 0.2) is 0 Å². The van der Waals surface area contributed by atoms with Crippen LogP contribution in [0, 0.1) is 0 Å². The van der Waals surface area contributed by atoms with Crippen LogP contribution in [0.4, 0.5) is 5.82 Å². The molecule has 0 spiro atoms. The SMILES string of the molecule is CCNCc1cncc(N(C)C(C)COC)n1. The zero-order valence-electron chi connectivity index (χ0n) is 11.1. The van der Waals surface area contributed by atoms with Crippen LogP contribution >= 0.6 is 0 Å². The van der Waals surface area contributed by atoms with Crippen LogP contribution in [0.2, 0.25) is 0 Å². The first kappa shape index (κ1) is 13.9. The van der Waals surface area contributed by atoms with Crippen molar-refractivity contribution < 1.29 is 4.74 Å². The Hall–Kier alpha value is -1.20. The molecule has 5 heteroatoms. The molecule has 1 aromatic rings. The van der Waals surface area contributed by atoms with E-state index in [1.165, 1.54) is 0 Å². The number of ether oxygens (including phenoxy) is 1. The van der Waals surface area contributed by atoms with Crippen LogP contribution in [0.15, 0.2) is 12.4 Å². The molecule has 5 nitrogen and oxygen atoms in total. The molecule has 1 heterocycles. The molecule has 1 rings (SSSR count). The Morgan fingerprint density at radius 2 is 2.24 bits per heavy atom.